The van der Waals surface area contributed by atoms with E-state index in [1.807, 2.05) is 18.2 Å². The zero-order chi connectivity index (χ0) is 11.4. The number of nitrogens with two attached hydrogens (primary N) is 1. The Morgan fingerprint density at radius 1 is 1.25 bits per heavy atom. The lowest BCUT2D eigenvalue weighted by Crippen LogP contribution is -2.02. The minimum atomic E-state index is 0.510. The summed E-state index contributed by atoms with van der Waals surface area (Å²) < 4.78 is 5.59. The molecule has 0 aliphatic heterocycles. The van der Waals surface area contributed by atoms with Crippen molar-refractivity contribution in [3.8, 4) is 5.75 Å². The fourth-order valence-electron chi connectivity index (χ4n) is 1.36. The van der Waals surface area contributed by atoms with Crippen LogP contribution in [0.25, 0.3) is 0 Å². The van der Waals surface area contributed by atoms with E-state index >= 15 is 0 Å². The highest BCUT2D eigenvalue weighted by molar-refractivity contribution is 7.09. The second kappa shape index (κ2) is 5.23. The van der Waals surface area contributed by atoms with Gasteiger partial charge >= 0.3 is 0 Å². The van der Waals surface area contributed by atoms with E-state index in [9.17, 15) is 0 Å². The molecule has 0 aliphatic rings. The first-order valence-electron chi connectivity index (χ1n) is 4.96. The number of thiophene rings is 1. The molecule has 2 nitrogen and oxygen atoms in total. The van der Waals surface area contributed by atoms with Gasteiger partial charge in [-0.1, -0.05) is 23.7 Å². The van der Waals surface area contributed by atoms with E-state index in [1.165, 1.54) is 4.88 Å². The third kappa shape index (κ3) is 2.68. The van der Waals surface area contributed by atoms with Crippen LogP contribution < -0.4 is 10.5 Å². The van der Waals surface area contributed by atoms with Gasteiger partial charge in [-0.2, -0.15) is 0 Å². The first-order chi connectivity index (χ1) is 7.77. The molecular weight excluding hydrogens is 242 g/mol. The quantitative estimate of drug-likeness (QED) is 0.845. The van der Waals surface area contributed by atoms with Crippen molar-refractivity contribution in [3.05, 3.63) is 45.6 Å². The molecule has 2 aromatic rings. The van der Waals surface area contributed by atoms with Gasteiger partial charge in [0.2, 0.25) is 0 Å². The molecule has 4 heteroatoms. The number of rotatable bonds is 4. The van der Waals surface area contributed by atoms with Gasteiger partial charge in [0.1, 0.15) is 5.75 Å². The summed E-state index contributed by atoms with van der Waals surface area (Å²) in [6.07, 6.45) is 0.892. The molecule has 0 unspecified atom stereocenters. The molecule has 0 fully saturated rings. The lowest BCUT2D eigenvalue weighted by Gasteiger charge is -2.08. The number of benzene rings is 1. The first kappa shape index (κ1) is 11.3. The zero-order valence-corrected chi connectivity index (χ0v) is 10.2. The number of para-hydroxylation sites is 1. The number of anilines is 1. The Morgan fingerprint density at radius 3 is 2.88 bits per heavy atom. The van der Waals surface area contributed by atoms with Gasteiger partial charge < -0.3 is 10.5 Å². The highest BCUT2D eigenvalue weighted by Crippen LogP contribution is 2.28. The fraction of sp³-hybridized carbons (Fsp3) is 0.167. The Balaban J connectivity index is 1.92. The number of halogens is 1. The Bertz CT molecular complexity index is 456. The van der Waals surface area contributed by atoms with Crippen molar-refractivity contribution in [3.63, 3.8) is 0 Å². The summed E-state index contributed by atoms with van der Waals surface area (Å²) in [5.74, 6) is 0.657. The summed E-state index contributed by atoms with van der Waals surface area (Å²) in [7, 11) is 0. The molecule has 2 N–H and O–H groups in total. The summed E-state index contributed by atoms with van der Waals surface area (Å²) in [6.45, 7) is 0.616. The predicted octanol–water partition coefficient (Wildman–Crippen LogP) is 3.61. The van der Waals surface area contributed by atoms with Gasteiger partial charge in [-0.25, -0.2) is 0 Å². The normalized spacial score (nSPS) is 10.3. The summed E-state index contributed by atoms with van der Waals surface area (Å²) in [5, 5.41) is 2.59. The summed E-state index contributed by atoms with van der Waals surface area (Å²) >= 11 is 7.62. The van der Waals surface area contributed by atoms with Gasteiger partial charge in [-0.15, -0.1) is 11.3 Å². The summed E-state index contributed by atoms with van der Waals surface area (Å²) in [5.41, 5.74) is 6.30. The van der Waals surface area contributed by atoms with Gasteiger partial charge in [-0.3, -0.25) is 0 Å². The minimum absolute atomic E-state index is 0.510. The van der Waals surface area contributed by atoms with Crippen molar-refractivity contribution in [1.29, 1.82) is 0 Å². The molecule has 84 valence electrons. The Kier molecular flexibility index (Phi) is 3.70. The molecule has 0 amide bonds. The number of hydrogen-bond acceptors (Lipinski definition) is 3. The van der Waals surface area contributed by atoms with Crippen molar-refractivity contribution in [1.82, 2.24) is 0 Å². The predicted molar refractivity (Wildman–Crippen MR) is 69.4 cm³/mol. The molecule has 0 radical (unpaired) electrons. The van der Waals surface area contributed by atoms with Crippen LogP contribution in [0.5, 0.6) is 5.75 Å². The molecular formula is C12H12ClNOS. The summed E-state index contributed by atoms with van der Waals surface area (Å²) in [4.78, 5) is 1.31. The van der Waals surface area contributed by atoms with Crippen LogP contribution in [0.1, 0.15) is 4.88 Å². The third-order valence-electron chi connectivity index (χ3n) is 2.20. The second-order valence-corrected chi connectivity index (χ2v) is 4.77. The van der Waals surface area contributed by atoms with Crippen molar-refractivity contribution in [2.45, 2.75) is 6.42 Å². The van der Waals surface area contributed by atoms with Gasteiger partial charge in [0.25, 0.3) is 0 Å². The molecule has 0 saturated heterocycles. The largest absolute Gasteiger partial charge is 0.491 e. The van der Waals surface area contributed by atoms with E-state index in [0.29, 0.717) is 23.1 Å². The van der Waals surface area contributed by atoms with Crippen molar-refractivity contribution in [2.75, 3.05) is 12.3 Å². The van der Waals surface area contributed by atoms with Crippen LogP contribution in [-0.4, -0.2) is 6.61 Å². The Labute approximate surface area is 104 Å². The topological polar surface area (TPSA) is 35.2 Å². The van der Waals surface area contributed by atoms with E-state index in [4.69, 9.17) is 22.1 Å². The van der Waals surface area contributed by atoms with Crippen molar-refractivity contribution < 1.29 is 4.74 Å². The first-order valence-corrected chi connectivity index (χ1v) is 6.22. The minimum Gasteiger partial charge on any atom is -0.491 e. The van der Waals surface area contributed by atoms with E-state index in [-0.39, 0.29) is 0 Å². The molecule has 1 aromatic heterocycles. The maximum atomic E-state index is 5.89. The summed E-state index contributed by atoms with van der Waals surface area (Å²) in [6, 6.07) is 9.54. The third-order valence-corrected chi connectivity index (χ3v) is 3.46. The molecule has 0 aliphatic carbocycles. The lowest BCUT2D eigenvalue weighted by molar-refractivity contribution is 0.325. The standard InChI is InChI=1S/C12H12ClNOS/c13-10-4-1-5-11(12(10)14)15-7-6-9-3-2-8-16-9/h1-5,8H,6-7,14H2. The van der Waals surface area contributed by atoms with Crippen LogP contribution in [0, 0.1) is 0 Å². The highest BCUT2D eigenvalue weighted by Gasteiger charge is 2.03. The van der Waals surface area contributed by atoms with Gasteiger partial charge in [0.05, 0.1) is 17.3 Å². The molecule has 0 saturated carbocycles. The van der Waals surface area contributed by atoms with Crippen LogP contribution in [0.2, 0.25) is 5.02 Å². The van der Waals surface area contributed by atoms with Crippen LogP contribution >= 0.6 is 22.9 Å². The zero-order valence-electron chi connectivity index (χ0n) is 8.65. The van der Waals surface area contributed by atoms with E-state index in [2.05, 4.69) is 11.4 Å². The fourth-order valence-corrected chi connectivity index (χ4v) is 2.22. The number of nitrogen functional groups attached to an aromatic ring is 1. The van der Waals surface area contributed by atoms with Gasteiger partial charge in [0, 0.05) is 11.3 Å². The molecule has 2 rings (SSSR count). The number of hydrogen-bond donors (Lipinski definition) is 1. The lowest BCUT2D eigenvalue weighted by atomic mass is 10.3. The second-order valence-electron chi connectivity index (χ2n) is 3.33. The van der Waals surface area contributed by atoms with Crippen LogP contribution in [0.4, 0.5) is 5.69 Å². The smallest absolute Gasteiger partial charge is 0.143 e. The van der Waals surface area contributed by atoms with Gasteiger partial charge in [0.15, 0.2) is 0 Å². The van der Waals surface area contributed by atoms with Crippen LogP contribution in [0.15, 0.2) is 35.7 Å². The van der Waals surface area contributed by atoms with Crippen molar-refractivity contribution in [2.24, 2.45) is 0 Å². The molecule has 0 bridgehead atoms. The van der Waals surface area contributed by atoms with Gasteiger partial charge in [-0.05, 0) is 23.6 Å². The van der Waals surface area contributed by atoms with E-state index < -0.39 is 0 Å². The van der Waals surface area contributed by atoms with Crippen molar-refractivity contribution >= 4 is 28.6 Å². The van der Waals surface area contributed by atoms with Crippen LogP contribution in [-0.2, 0) is 6.42 Å². The van der Waals surface area contributed by atoms with E-state index in [0.717, 1.165) is 6.42 Å². The molecule has 0 spiro atoms. The average molecular weight is 254 g/mol. The molecule has 1 heterocycles. The average Bonchev–Trinajstić information content (AvgIpc) is 2.77. The SMILES string of the molecule is Nc1c(Cl)cccc1OCCc1cccs1. The maximum Gasteiger partial charge on any atom is 0.143 e. The maximum absolute atomic E-state index is 5.89. The monoisotopic (exact) mass is 253 g/mol. The molecule has 1 aromatic carbocycles. The Morgan fingerprint density at radius 2 is 2.12 bits per heavy atom. The molecule has 0 atom stereocenters. The van der Waals surface area contributed by atoms with Crippen LogP contribution in [0.3, 0.4) is 0 Å². The number of ether oxygens (including phenoxy) is 1. The highest BCUT2D eigenvalue weighted by atomic mass is 35.5. The molecule has 16 heavy (non-hydrogen) atoms. The Hall–Kier alpha value is -1.19. The van der Waals surface area contributed by atoms with E-state index in [1.54, 1.807) is 17.4 Å².